The van der Waals surface area contributed by atoms with E-state index in [4.69, 9.17) is 5.11 Å². The van der Waals surface area contributed by atoms with Crippen LogP contribution in [0, 0.1) is 0 Å². The van der Waals surface area contributed by atoms with Crippen LogP contribution in [0.1, 0.15) is 0 Å². The van der Waals surface area contributed by atoms with Crippen LogP contribution in [0.2, 0.25) is 0 Å². The second-order valence-electron chi connectivity index (χ2n) is 2.93. The molecule has 0 aliphatic carbocycles. The van der Waals surface area contributed by atoms with Crippen molar-refractivity contribution in [3.63, 3.8) is 0 Å². The van der Waals surface area contributed by atoms with Crippen LogP contribution in [0.15, 0.2) is 9.98 Å². The Bertz CT molecular complexity index is 491. The molecule has 0 radical (unpaired) electrons. The maximum atomic E-state index is 11.2. The van der Waals surface area contributed by atoms with Crippen LogP contribution in [0.5, 0.6) is 0 Å². The summed E-state index contributed by atoms with van der Waals surface area (Å²) < 4.78 is 0. The molecule has 0 aromatic rings. The van der Waals surface area contributed by atoms with Crippen molar-refractivity contribution in [3.05, 3.63) is 0 Å². The Hall–Kier alpha value is -2.58. The van der Waals surface area contributed by atoms with Gasteiger partial charge in [0.15, 0.2) is 6.04 Å². The predicted molar refractivity (Wildman–Crippen MR) is 48.0 cm³/mol. The number of hydrogen-bond donors (Lipinski definition) is 3. The molecule has 4 amide bonds. The van der Waals surface area contributed by atoms with E-state index in [1.165, 1.54) is 0 Å². The quantitative estimate of drug-likeness (QED) is 0.458. The number of amidine groups is 1. The van der Waals surface area contributed by atoms with Crippen LogP contribution in [0.4, 0.5) is 4.79 Å². The van der Waals surface area contributed by atoms with Gasteiger partial charge in [-0.3, -0.25) is 19.9 Å². The lowest BCUT2D eigenvalue weighted by atomic mass is 10.1. The molecular formula is C7H4N4O5. The van der Waals surface area contributed by atoms with E-state index in [1.807, 2.05) is 10.6 Å². The van der Waals surface area contributed by atoms with Crippen molar-refractivity contribution in [2.24, 2.45) is 9.98 Å². The Balaban J connectivity index is 2.47. The third-order valence-corrected chi connectivity index (χ3v) is 1.88. The Kier molecular flexibility index (Phi) is 2.01. The summed E-state index contributed by atoms with van der Waals surface area (Å²) in [6, 6.07) is -2.22. The molecule has 0 bridgehead atoms. The lowest BCUT2D eigenvalue weighted by Gasteiger charge is -2.22. The van der Waals surface area contributed by atoms with Gasteiger partial charge >= 0.3 is 12.0 Å². The van der Waals surface area contributed by atoms with E-state index in [1.54, 1.807) is 0 Å². The minimum absolute atomic E-state index is 0.260. The Morgan fingerprint density at radius 3 is 2.56 bits per heavy atom. The van der Waals surface area contributed by atoms with Crippen molar-refractivity contribution < 1.29 is 24.3 Å². The van der Waals surface area contributed by atoms with E-state index in [0.29, 0.717) is 0 Å². The fraction of sp³-hybridized carbons (Fsp3) is 0.143. The van der Waals surface area contributed by atoms with Gasteiger partial charge in [0.25, 0.3) is 11.8 Å². The fourth-order valence-corrected chi connectivity index (χ4v) is 1.23. The number of aliphatic carboxylic acids is 1. The van der Waals surface area contributed by atoms with Crippen LogP contribution in [0.3, 0.4) is 0 Å². The number of hydrogen-bond acceptors (Lipinski definition) is 5. The molecule has 0 saturated heterocycles. The number of imide groups is 1. The van der Waals surface area contributed by atoms with Gasteiger partial charge in [0.2, 0.25) is 5.71 Å². The number of carboxylic acid groups (broad SMARTS) is 1. The number of nitrogens with zero attached hydrogens (tertiary/aromatic N) is 2. The second-order valence-corrected chi connectivity index (χ2v) is 2.93. The summed E-state index contributed by atoms with van der Waals surface area (Å²) in [5, 5.41) is 12.5. The van der Waals surface area contributed by atoms with Gasteiger partial charge in [0.1, 0.15) is 5.84 Å². The third kappa shape index (κ3) is 1.43. The van der Waals surface area contributed by atoms with Crippen LogP contribution >= 0.6 is 0 Å². The van der Waals surface area contributed by atoms with E-state index >= 15 is 0 Å². The molecular weight excluding hydrogens is 220 g/mol. The van der Waals surface area contributed by atoms with Gasteiger partial charge in [-0.2, -0.15) is 4.99 Å². The molecule has 16 heavy (non-hydrogen) atoms. The summed E-state index contributed by atoms with van der Waals surface area (Å²) in [5.41, 5.74) is -0.798. The van der Waals surface area contributed by atoms with Crippen LogP contribution < -0.4 is 10.6 Å². The smallest absolute Gasteiger partial charge is 0.359 e. The van der Waals surface area contributed by atoms with Gasteiger partial charge in [-0.25, -0.2) is 9.59 Å². The molecule has 0 spiro atoms. The zero-order valence-corrected chi connectivity index (χ0v) is 7.55. The normalized spacial score (nSPS) is 23.8. The number of carbonyl (C=O) groups excluding carboxylic acids is 3. The van der Waals surface area contributed by atoms with Gasteiger partial charge in [-0.05, 0) is 0 Å². The standard InChI is InChI=1S/C7H4N4O5/c12-4-1-3(10-7(16)11-4)9-5(13)2(8-1)6(14)15/h1H,(H,14,15)(H2,9,10,11,12,13,16). The lowest BCUT2D eigenvalue weighted by Crippen LogP contribution is -2.57. The average molecular weight is 224 g/mol. The zero-order chi connectivity index (χ0) is 11.9. The first-order chi connectivity index (χ1) is 7.49. The first-order valence-electron chi connectivity index (χ1n) is 4.05. The molecule has 3 N–H and O–H groups in total. The number of rotatable bonds is 1. The summed E-state index contributed by atoms with van der Waals surface area (Å²) in [7, 11) is 0. The number of amides is 4. The fourth-order valence-electron chi connectivity index (χ4n) is 1.23. The SMILES string of the molecule is O=C1N=C2NC(=O)C(C(=O)O)=NC2C(=O)N1. The molecule has 9 nitrogen and oxygen atoms in total. The average Bonchev–Trinajstić information content (AvgIpc) is 2.15. The van der Waals surface area contributed by atoms with Crippen LogP contribution in [0.25, 0.3) is 0 Å². The molecule has 2 rings (SSSR count). The number of urea groups is 1. The summed E-state index contributed by atoms with van der Waals surface area (Å²) in [4.78, 5) is 50.5. The Morgan fingerprint density at radius 2 is 1.94 bits per heavy atom. The minimum Gasteiger partial charge on any atom is -0.476 e. The highest BCUT2D eigenvalue weighted by atomic mass is 16.4. The van der Waals surface area contributed by atoms with E-state index in [-0.39, 0.29) is 5.84 Å². The van der Waals surface area contributed by atoms with E-state index in [2.05, 4.69) is 9.98 Å². The van der Waals surface area contributed by atoms with Crippen molar-refractivity contribution in [1.82, 2.24) is 10.6 Å². The van der Waals surface area contributed by atoms with Crippen LogP contribution in [-0.2, 0) is 14.4 Å². The van der Waals surface area contributed by atoms with Crippen molar-refractivity contribution >= 4 is 35.4 Å². The topological polar surface area (TPSA) is 137 Å². The molecule has 2 aliphatic rings. The number of carboxylic acids is 1. The van der Waals surface area contributed by atoms with Gasteiger partial charge in [0, 0.05) is 0 Å². The number of carbonyl (C=O) groups is 4. The molecule has 1 unspecified atom stereocenters. The number of nitrogens with one attached hydrogen (secondary N) is 2. The zero-order valence-electron chi connectivity index (χ0n) is 7.55. The highest BCUT2D eigenvalue weighted by Crippen LogP contribution is 2.06. The third-order valence-electron chi connectivity index (χ3n) is 1.88. The van der Waals surface area contributed by atoms with Crippen molar-refractivity contribution in [2.75, 3.05) is 0 Å². The lowest BCUT2D eigenvalue weighted by molar-refractivity contribution is -0.130. The van der Waals surface area contributed by atoms with Crippen molar-refractivity contribution in [2.45, 2.75) is 6.04 Å². The summed E-state index contributed by atoms with van der Waals surface area (Å²) >= 11 is 0. The molecule has 0 saturated carbocycles. The van der Waals surface area contributed by atoms with Gasteiger partial charge < -0.3 is 10.4 Å². The summed E-state index contributed by atoms with van der Waals surface area (Å²) in [6.45, 7) is 0. The molecule has 2 heterocycles. The molecule has 0 aromatic heterocycles. The van der Waals surface area contributed by atoms with E-state index in [9.17, 15) is 19.2 Å². The molecule has 9 heteroatoms. The molecule has 82 valence electrons. The number of aliphatic imine (C=N–C) groups is 2. The van der Waals surface area contributed by atoms with Gasteiger partial charge in [-0.15, -0.1) is 0 Å². The molecule has 1 atom stereocenters. The highest BCUT2D eigenvalue weighted by Gasteiger charge is 2.38. The first-order valence-corrected chi connectivity index (χ1v) is 4.05. The maximum Gasteiger partial charge on any atom is 0.359 e. The Labute approximate surface area is 87.2 Å². The minimum atomic E-state index is -1.55. The van der Waals surface area contributed by atoms with Gasteiger partial charge in [0.05, 0.1) is 0 Å². The van der Waals surface area contributed by atoms with Gasteiger partial charge in [-0.1, -0.05) is 0 Å². The second kappa shape index (κ2) is 3.22. The summed E-state index contributed by atoms with van der Waals surface area (Å²) in [6.07, 6.45) is 0. The predicted octanol–water partition coefficient (Wildman–Crippen LogP) is -2.34. The number of fused-ring (bicyclic) bond motifs is 1. The molecule has 0 aromatic carbocycles. The van der Waals surface area contributed by atoms with Crippen LogP contribution in [-0.4, -0.2) is 46.5 Å². The first kappa shape index (κ1) is 9.96. The monoisotopic (exact) mass is 224 g/mol. The van der Waals surface area contributed by atoms with Crippen molar-refractivity contribution in [3.8, 4) is 0 Å². The summed E-state index contributed by atoms with van der Waals surface area (Å²) in [5.74, 6) is -3.65. The maximum absolute atomic E-state index is 11.2. The van der Waals surface area contributed by atoms with E-state index in [0.717, 1.165) is 0 Å². The van der Waals surface area contributed by atoms with E-state index < -0.39 is 35.6 Å². The molecule has 0 fully saturated rings. The van der Waals surface area contributed by atoms with Crippen molar-refractivity contribution in [1.29, 1.82) is 0 Å². The molecule has 2 aliphatic heterocycles. The largest absolute Gasteiger partial charge is 0.476 e. The Morgan fingerprint density at radius 1 is 1.25 bits per heavy atom. The highest BCUT2D eigenvalue weighted by molar-refractivity contribution is 6.65.